The molecule has 8 heavy (non-hydrogen) atoms. The first-order chi connectivity index (χ1) is 3.81. The standard InChI is InChI=1S/C4H10NO2.Cu/c6-3-1-5-2-4-7;/h6-7H,1-4H2;/q-1;+1. The summed E-state index contributed by atoms with van der Waals surface area (Å²) in [5.74, 6) is 0. The third-order valence-corrected chi connectivity index (χ3v) is 1.07. The van der Waals surface area contributed by atoms with E-state index in [4.69, 9.17) is 26.4 Å². The van der Waals surface area contributed by atoms with Crippen LogP contribution < -0.4 is 0 Å². The Morgan fingerprint density at radius 1 is 1.12 bits per heavy atom. The molecule has 4 heteroatoms. The molecule has 0 aromatic carbocycles. The molecule has 0 aromatic rings. The van der Waals surface area contributed by atoms with E-state index in [0.29, 0.717) is 13.1 Å². The van der Waals surface area contributed by atoms with E-state index >= 15 is 0 Å². The Hall–Kier alpha value is 0.399. The monoisotopic (exact) mass is 167 g/mol. The zero-order chi connectivity index (χ0) is 6.41. The first-order valence-electron chi connectivity index (χ1n) is 2.40. The van der Waals surface area contributed by atoms with Crippen LogP contribution in [0.25, 0.3) is 0 Å². The van der Waals surface area contributed by atoms with Gasteiger partial charge in [0.25, 0.3) is 0 Å². The molecule has 0 aliphatic carbocycles. The summed E-state index contributed by atoms with van der Waals surface area (Å²) in [6.45, 7) is 0.998. The maximum absolute atomic E-state index is 8.27. The second kappa shape index (κ2) is 5.53. The number of aliphatic hydroxyl groups excluding tert-OH is 2. The molecule has 0 radical (unpaired) electrons. The molecular formula is C4H10CuNO2. The normalized spacial score (nSPS) is 10.6. The Morgan fingerprint density at radius 3 is 1.75 bits per heavy atom. The van der Waals surface area contributed by atoms with E-state index < -0.39 is 0 Å². The van der Waals surface area contributed by atoms with Gasteiger partial charge in [-0.25, -0.2) is 0 Å². The summed E-state index contributed by atoms with van der Waals surface area (Å²) in [7, 11) is 0. The first kappa shape index (κ1) is 8.40. The van der Waals surface area contributed by atoms with Gasteiger partial charge in [0.1, 0.15) is 0 Å². The predicted octanol–water partition coefficient (Wildman–Crippen LogP) is -1.27. The number of aliphatic hydroxyl groups is 2. The summed E-state index contributed by atoms with van der Waals surface area (Å²) in [6.07, 6.45) is 0. The Morgan fingerprint density at radius 2 is 1.50 bits per heavy atom. The van der Waals surface area contributed by atoms with Gasteiger partial charge < -0.3 is 0 Å². The van der Waals surface area contributed by atoms with Crippen LogP contribution in [0.4, 0.5) is 0 Å². The van der Waals surface area contributed by atoms with Gasteiger partial charge in [0.05, 0.1) is 0 Å². The van der Waals surface area contributed by atoms with Crippen LogP contribution in [0.5, 0.6) is 0 Å². The van der Waals surface area contributed by atoms with E-state index in [0.717, 1.165) is 0 Å². The summed E-state index contributed by atoms with van der Waals surface area (Å²) in [5, 5.41) is 16.5. The van der Waals surface area contributed by atoms with Crippen LogP contribution in [-0.4, -0.2) is 40.4 Å². The second-order valence-electron chi connectivity index (χ2n) is 1.31. The number of nitrogens with zero attached hydrogens (tertiary/aromatic N) is 1. The minimum absolute atomic E-state index is 0.0538. The van der Waals surface area contributed by atoms with Gasteiger partial charge in [-0.3, -0.25) is 0 Å². The fourth-order valence-electron chi connectivity index (χ4n) is 0.314. The van der Waals surface area contributed by atoms with Crippen molar-refractivity contribution in [2.24, 2.45) is 0 Å². The van der Waals surface area contributed by atoms with E-state index in [9.17, 15) is 0 Å². The van der Waals surface area contributed by atoms with Crippen molar-refractivity contribution in [3.8, 4) is 0 Å². The van der Waals surface area contributed by atoms with Gasteiger partial charge in [0.2, 0.25) is 0 Å². The third-order valence-electron chi connectivity index (χ3n) is 0.651. The number of hydrogen-bond donors (Lipinski definition) is 2. The van der Waals surface area contributed by atoms with Crippen molar-refractivity contribution in [2.75, 3.05) is 26.3 Å². The van der Waals surface area contributed by atoms with Crippen LogP contribution >= 0.6 is 0 Å². The van der Waals surface area contributed by atoms with Crippen molar-refractivity contribution in [2.45, 2.75) is 0 Å². The summed E-state index contributed by atoms with van der Waals surface area (Å²) < 4.78 is 1.42. The minimum atomic E-state index is 0.0538. The predicted molar refractivity (Wildman–Crippen MR) is 25.7 cm³/mol. The molecule has 0 atom stereocenters. The molecule has 0 amide bonds. The topological polar surface area (TPSA) is 43.7 Å². The zero-order valence-electron chi connectivity index (χ0n) is 4.47. The van der Waals surface area contributed by atoms with Crippen molar-refractivity contribution in [3.63, 3.8) is 0 Å². The Bertz CT molecular complexity index is 47.3. The zero-order valence-corrected chi connectivity index (χ0v) is 5.41. The van der Waals surface area contributed by atoms with Crippen LogP contribution in [0.2, 0.25) is 0 Å². The molecular weight excluding hydrogens is 158 g/mol. The van der Waals surface area contributed by atoms with Gasteiger partial charge in [-0.05, 0) is 0 Å². The molecule has 3 nitrogen and oxygen atoms in total. The maximum atomic E-state index is 8.27. The molecule has 0 aliphatic rings. The molecule has 0 fully saturated rings. The molecule has 0 unspecified atom stereocenters. The molecule has 0 spiro atoms. The van der Waals surface area contributed by atoms with E-state index in [1.54, 1.807) is 0 Å². The van der Waals surface area contributed by atoms with Crippen LogP contribution in [0, 0.1) is 0 Å². The van der Waals surface area contributed by atoms with Crippen LogP contribution in [0.15, 0.2) is 0 Å². The summed E-state index contributed by atoms with van der Waals surface area (Å²) in [6, 6.07) is 0. The summed E-state index contributed by atoms with van der Waals surface area (Å²) >= 11 is 4.79. The van der Waals surface area contributed by atoms with Gasteiger partial charge in [-0.2, -0.15) is 0 Å². The Kier molecular flexibility index (Phi) is 5.81. The van der Waals surface area contributed by atoms with E-state index in [1.807, 2.05) is 0 Å². The van der Waals surface area contributed by atoms with Crippen LogP contribution in [0.3, 0.4) is 0 Å². The van der Waals surface area contributed by atoms with Crippen molar-refractivity contribution in [1.29, 1.82) is 0 Å². The number of hydrogen-bond acceptors (Lipinski definition) is 3. The molecule has 0 saturated carbocycles. The van der Waals surface area contributed by atoms with E-state index in [1.165, 1.54) is 3.92 Å². The van der Waals surface area contributed by atoms with Gasteiger partial charge >= 0.3 is 56.7 Å². The van der Waals surface area contributed by atoms with Crippen molar-refractivity contribution < 1.29 is 26.4 Å². The SMILES string of the molecule is OCC[N]([Cu])CCO. The first-order valence-corrected chi connectivity index (χ1v) is 2.82. The van der Waals surface area contributed by atoms with Crippen molar-refractivity contribution >= 4 is 0 Å². The quantitative estimate of drug-likeness (QED) is 0.514. The average Bonchev–Trinajstić information content (AvgIpc) is 1.68. The van der Waals surface area contributed by atoms with Crippen LogP contribution in [0.1, 0.15) is 0 Å². The third kappa shape index (κ3) is 4.56. The van der Waals surface area contributed by atoms with Crippen LogP contribution in [-0.2, 0) is 16.2 Å². The molecule has 0 aromatic heterocycles. The fraction of sp³-hybridized carbons (Fsp3) is 1.00. The average molecular weight is 168 g/mol. The van der Waals surface area contributed by atoms with E-state index in [-0.39, 0.29) is 13.2 Å². The van der Waals surface area contributed by atoms with Crippen molar-refractivity contribution in [3.05, 3.63) is 0 Å². The molecule has 54 valence electrons. The van der Waals surface area contributed by atoms with Crippen molar-refractivity contribution in [1.82, 2.24) is 3.92 Å². The Balaban J connectivity index is 2.92. The number of rotatable bonds is 4. The van der Waals surface area contributed by atoms with E-state index in [2.05, 4.69) is 0 Å². The summed E-state index contributed by atoms with van der Waals surface area (Å²) in [5.41, 5.74) is 0. The van der Waals surface area contributed by atoms with Gasteiger partial charge in [-0.1, -0.05) is 0 Å². The molecule has 0 rings (SSSR count). The van der Waals surface area contributed by atoms with Gasteiger partial charge in [-0.15, -0.1) is 0 Å². The Labute approximate surface area is 57.3 Å². The van der Waals surface area contributed by atoms with Gasteiger partial charge in [0, 0.05) is 0 Å². The fourth-order valence-corrected chi connectivity index (χ4v) is 0.502. The molecule has 0 saturated heterocycles. The molecule has 0 heterocycles. The molecule has 2 N–H and O–H groups in total. The molecule has 0 aliphatic heterocycles. The van der Waals surface area contributed by atoms with Gasteiger partial charge in [0.15, 0.2) is 0 Å². The summed E-state index contributed by atoms with van der Waals surface area (Å²) in [4.78, 5) is 0. The molecule has 0 bridgehead atoms. The second-order valence-corrected chi connectivity index (χ2v) is 1.90.